The number of aromatic nitrogens is 2. The summed E-state index contributed by atoms with van der Waals surface area (Å²) in [6.07, 6.45) is 4.51. The lowest BCUT2D eigenvalue weighted by molar-refractivity contribution is -0.135. The molecule has 4 rings (SSSR count). The number of hydrogen-bond acceptors (Lipinski definition) is 5. The first kappa shape index (κ1) is 20.3. The molecule has 2 fully saturated rings. The van der Waals surface area contributed by atoms with E-state index in [2.05, 4.69) is 15.3 Å². The lowest BCUT2D eigenvalue weighted by Crippen LogP contribution is -2.57. The van der Waals surface area contributed by atoms with Gasteiger partial charge in [0.15, 0.2) is 0 Å². The van der Waals surface area contributed by atoms with Gasteiger partial charge in [-0.25, -0.2) is 13.4 Å². The number of piperidine rings is 1. The van der Waals surface area contributed by atoms with Crippen LogP contribution in [-0.4, -0.2) is 72.3 Å². The number of aromatic amines is 1. The quantitative estimate of drug-likeness (QED) is 0.757. The van der Waals surface area contributed by atoms with Crippen molar-refractivity contribution in [1.29, 1.82) is 0 Å². The fraction of sp³-hybridized carbons (Fsp3) is 0.500. The van der Waals surface area contributed by atoms with Crippen LogP contribution in [0, 0.1) is 0 Å². The highest BCUT2D eigenvalue weighted by molar-refractivity contribution is 7.89. The Morgan fingerprint density at radius 3 is 2.89 bits per heavy atom. The zero-order chi connectivity index (χ0) is 18.3. The third-order valence-electron chi connectivity index (χ3n) is 5.03. The van der Waals surface area contributed by atoms with Gasteiger partial charge in [-0.3, -0.25) is 4.79 Å². The van der Waals surface area contributed by atoms with Crippen LogP contribution in [0.25, 0.3) is 11.0 Å². The smallest absolute Gasteiger partial charge is 0.245 e. The average molecular weight is 434 g/mol. The van der Waals surface area contributed by atoms with Crippen molar-refractivity contribution in [2.75, 3.05) is 32.7 Å². The van der Waals surface area contributed by atoms with E-state index < -0.39 is 10.0 Å². The summed E-state index contributed by atoms with van der Waals surface area (Å²) in [6, 6.07) is 1.49. The Morgan fingerprint density at radius 2 is 2.11 bits per heavy atom. The second-order valence-corrected chi connectivity index (χ2v) is 8.91. The number of hydrogen-bond donors (Lipinski definition) is 2. The van der Waals surface area contributed by atoms with Gasteiger partial charge in [-0.05, 0) is 18.9 Å². The molecule has 2 aromatic rings. The molecule has 8 nitrogen and oxygen atoms in total. The van der Waals surface area contributed by atoms with Crippen molar-refractivity contribution in [2.45, 2.75) is 23.8 Å². The van der Waals surface area contributed by atoms with E-state index in [1.165, 1.54) is 16.7 Å². The molecule has 27 heavy (non-hydrogen) atoms. The van der Waals surface area contributed by atoms with Gasteiger partial charge < -0.3 is 15.2 Å². The Balaban J connectivity index is 0.00000210. The summed E-state index contributed by atoms with van der Waals surface area (Å²) in [4.78, 5) is 21.1. The van der Waals surface area contributed by atoms with Crippen LogP contribution in [0.3, 0.4) is 0 Å². The first-order chi connectivity index (χ1) is 12.5. The first-order valence-corrected chi connectivity index (χ1v) is 10.4. The molecule has 1 amide bonds. The normalized spacial score (nSPS) is 22.0. The molecule has 2 aromatic heterocycles. The third kappa shape index (κ3) is 3.66. The summed E-state index contributed by atoms with van der Waals surface area (Å²) < 4.78 is 27.9. The molecule has 2 aliphatic rings. The van der Waals surface area contributed by atoms with E-state index in [1.807, 2.05) is 4.90 Å². The number of nitrogens with zero attached hydrogens (tertiary/aromatic N) is 3. The van der Waals surface area contributed by atoms with Crippen LogP contribution in [0.15, 0.2) is 23.4 Å². The van der Waals surface area contributed by atoms with Gasteiger partial charge in [0.05, 0.1) is 17.0 Å². The van der Waals surface area contributed by atoms with Crippen LogP contribution >= 0.6 is 24.0 Å². The van der Waals surface area contributed by atoms with Crippen molar-refractivity contribution in [3.63, 3.8) is 0 Å². The maximum atomic E-state index is 13.2. The monoisotopic (exact) mass is 433 g/mol. The number of sulfonamides is 1. The molecule has 2 aliphatic heterocycles. The van der Waals surface area contributed by atoms with E-state index in [1.54, 1.807) is 6.07 Å². The predicted octanol–water partition coefficient (Wildman–Crippen LogP) is 1.22. The van der Waals surface area contributed by atoms with Crippen molar-refractivity contribution < 1.29 is 13.2 Å². The number of carbonyl (C=O) groups excluding carboxylic acids is 1. The van der Waals surface area contributed by atoms with Gasteiger partial charge in [0.25, 0.3) is 0 Å². The standard InChI is InChI=1S/C16H20ClN5O3S.ClH/c17-12-3-4-19-16-15(12)13(8-20-16)26(24,25)21-6-1-2-11(10-21)22-7-5-18-9-14(22)23;/h3-4,8,11,18H,1-2,5-7,9-10H2,(H,19,20);1H. The fourth-order valence-electron chi connectivity index (χ4n) is 3.73. The van der Waals surface area contributed by atoms with E-state index in [0.29, 0.717) is 42.2 Å². The summed E-state index contributed by atoms with van der Waals surface area (Å²) in [6.45, 7) is 2.40. The second kappa shape index (κ2) is 7.92. The van der Waals surface area contributed by atoms with Crippen LogP contribution < -0.4 is 5.32 Å². The number of rotatable bonds is 3. The number of carbonyl (C=O) groups is 1. The lowest BCUT2D eigenvalue weighted by atomic mass is 10.1. The van der Waals surface area contributed by atoms with Crippen LogP contribution in [0.5, 0.6) is 0 Å². The number of halogens is 2. The van der Waals surface area contributed by atoms with Crippen molar-refractivity contribution in [3.8, 4) is 0 Å². The molecule has 1 atom stereocenters. The molecule has 2 N–H and O–H groups in total. The van der Waals surface area contributed by atoms with Gasteiger partial charge in [-0.1, -0.05) is 11.6 Å². The van der Waals surface area contributed by atoms with Gasteiger partial charge in [-0.2, -0.15) is 4.31 Å². The predicted molar refractivity (Wildman–Crippen MR) is 105 cm³/mol. The maximum absolute atomic E-state index is 13.2. The van der Waals surface area contributed by atoms with E-state index in [-0.39, 0.29) is 29.3 Å². The molecule has 0 aromatic carbocycles. The van der Waals surface area contributed by atoms with E-state index >= 15 is 0 Å². The molecular formula is C16H21Cl2N5O3S. The Kier molecular flexibility index (Phi) is 5.97. The van der Waals surface area contributed by atoms with Crippen molar-refractivity contribution in [1.82, 2.24) is 24.5 Å². The van der Waals surface area contributed by atoms with Crippen LogP contribution in [-0.2, 0) is 14.8 Å². The van der Waals surface area contributed by atoms with Gasteiger partial charge in [0, 0.05) is 44.6 Å². The molecule has 0 spiro atoms. The lowest BCUT2D eigenvalue weighted by Gasteiger charge is -2.40. The van der Waals surface area contributed by atoms with Crippen LogP contribution in [0.2, 0.25) is 5.02 Å². The van der Waals surface area contributed by atoms with Crippen molar-refractivity contribution in [2.24, 2.45) is 0 Å². The summed E-state index contributed by atoms with van der Waals surface area (Å²) in [5.41, 5.74) is 0.446. The van der Waals surface area contributed by atoms with Crippen LogP contribution in [0.4, 0.5) is 0 Å². The highest BCUT2D eigenvalue weighted by Gasteiger charge is 2.36. The Labute approximate surface area is 168 Å². The van der Waals surface area contributed by atoms with E-state index in [4.69, 9.17) is 11.6 Å². The molecule has 1 unspecified atom stereocenters. The summed E-state index contributed by atoms with van der Waals surface area (Å²) in [5, 5.41) is 3.80. The molecular weight excluding hydrogens is 413 g/mol. The zero-order valence-electron chi connectivity index (χ0n) is 14.5. The van der Waals surface area contributed by atoms with E-state index in [9.17, 15) is 13.2 Å². The molecule has 148 valence electrons. The fourth-order valence-corrected chi connectivity index (χ4v) is 5.72. The zero-order valence-corrected chi connectivity index (χ0v) is 16.9. The minimum atomic E-state index is -3.73. The van der Waals surface area contributed by atoms with E-state index in [0.717, 1.165) is 19.4 Å². The highest BCUT2D eigenvalue weighted by Crippen LogP contribution is 2.32. The summed E-state index contributed by atoms with van der Waals surface area (Å²) in [5.74, 6) is 0.0276. The molecule has 2 saturated heterocycles. The Bertz CT molecular complexity index is 949. The third-order valence-corrected chi connectivity index (χ3v) is 7.23. The number of H-pyrrole nitrogens is 1. The number of pyridine rings is 1. The summed E-state index contributed by atoms with van der Waals surface area (Å²) >= 11 is 6.22. The minimum Gasteiger partial charge on any atom is -0.345 e. The number of fused-ring (bicyclic) bond motifs is 1. The average Bonchev–Trinajstić information content (AvgIpc) is 3.09. The van der Waals surface area contributed by atoms with Gasteiger partial charge in [0.1, 0.15) is 10.5 Å². The van der Waals surface area contributed by atoms with Gasteiger partial charge >= 0.3 is 0 Å². The van der Waals surface area contributed by atoms with Crippen molar-refractivity contribution >= 4 is 51.0 Å². The van der Waals surface area contributed by atoms with Gasteiger partial charge in [-0.15, -0.1) is 12.4 Å². The first-order valence-electron chi connectivity index (χ1n) is 8.60. The van der Waals surface area contributed by atoms with Crippen molar-refractivity contribution in [3.05, 3.63) is 23.5 Å². The van der Waals surface area contributed by atoms with Crippen LogP contribution in [0.1, 0.15) is 12.8 Å². The Hall–Kier alpha value is -1.39. The molecule has 4 heterocycles. The molecule has 0 aliphatic carbocycles. The highest BCUT2D eigenvalue weighted by atomic mass is 35.5. The molecule has 0 radical (unpaired) electrons. The summed E-state index contributed by atoms with van der Waals surface area (Å²) in [7, 11) is -3.73. The number of piperazine rings is 1. The maximum Gasteiger partial charge on any atom is 0.245 e. The van der Waals surface area contributed by atoms with Gasteiger partial charge in [0.2, 0.25) is 15.9 Å². The number of amides is 1. The topological polar surface area (TPSA) is 98.4 Å². The molecule has 0 saturated carbocycles. The molecule has 0 bridgehead atoms. The molecule has 11 heteroatoms. The minimum absolute atomic E-state index is 0. The second-order valence-electron chi connectivity index (χ2n) is 6.59. The Morgan fingerprint density at radius 1 is 1.30 bits per heavy atom. The SMILES string of the molecule is Cl.O=C1CNCCN1C1CCCN(S(=O)(=O)c2c[nH]c3nccc(Cl)c23)C1. The number of nitrogens with one attached hydrogen (secondary N) is 2. The largest absolute Gasteiger partial charge is 0.345 e.